The summed E-state index contributed by atoms with van der Waals surface area (Å²) in [6.45, 7) is 0.815. The normalized spacial score (nSPS) is 21.6. The smallest absolute Gasteiger partial charge is 0.304 e. The monoisotopic (exact) mass is 178 g/mol. The molecule has 4 heteroatoms. The summed E-state index contributed by atoms with van der Waals surface area (Å²) in [5.41, 5.74) is -1.25. The molecule has 1 fully saturated rings. The zero-order valence-electron chi connectivity index (χ0n) is 6.94. The molecule has 1 N–H and O–H groups in total. The van der Waals surface area contributed by atoms with E-state index in [1.54, 1.807) is 0 Å². The Morgan fingerprint density at radius 2 is 2.08 bits per heavy atom. The Hall–Kier alpha value is -0.670. The number of halogens is 2. The van der Waals surface area contributed by atoms with E-state index in [1.165, 1.54) is 0 Å². The number of alkyl halides is 2. The fourth-order valence-electron chi connectivity index (χ4n) is 1.66. The molecule has 0 atom stereocenters. The highest BCUT2D eigenvalue weighted by Crippen LogP contribution is 2.54. The number of carboxylic acid groups (broad SMARTS) is 1. The minimum absolute atomic E-state index is 0.336. The maximum atomic E-state index is 12.9. The molecule has 1 aliphatic carbocycles. The minimum atomic E-state index is -2.86. The Balaban J connectivity index is 2.70. The molecule has 0 aliphatic heterocycles. The summed E-state index contributed by atoms with van der Waals surface area (Å²) in [4.78, 5) is 10.3. The number of hydrogen-bond acceptors (Lipinski definition) is 1. The third-order valence-corrected chi connectivity index (χ3v) is 2.73. The third kappa shape index (κ3) is 1.42. The van der Waals surface area contributed by atoms with Gasteiger partial charge >= 0.3 is 5.97 Å². The van der Waals surface area contributed by atoms with E-state index in [2.05, 4.69) is 0 Å². The van der Waals surface area contributed by atoms with Crippen LogP contribution in [0.3, 0.4) is 0 Å². The maximum Gasteiger partial charge on any atom is 0.304 e. The first-order chi connectivity index (χ1) is 5.37. The van der Waals surface area contributed by atoms with Gasteiger partial charge in [0.15, 0.2) is 0 Å². The van der Waals surface area contributed by atoms with Gasteiger partial charge in [0.05, 0.1) is 6.42 Å². The van der Waals surface area contributed by atoms with Gasteiger partial charge in [-0.05, 0) is 19.8 Å². The summed E-state index contributed by atoms with van der Waals surface area (Å²) in [7, 11) is 0. The summed E-state index contributed by atoms with van der Waals surface area (Å²) < 4.78 is 25.8. The van der Waals surface area contributed by atoms with Crippen LogP contribution in [0.1, 0.15) is 32.6 Å². The summed E-state index contributed by atoms with van der Waals surface area (Å²) in [5, 5.41) is 8.44. The molecule has 12 heavy (non-hydrogen) atoms. The van der Waals surface area contributed by atoms with E-state index in [1.807, 2.05) is 0 Å². The van der Waals surface area contributed by atoms with Gasteiger partial charge in [0, 0.05) is 5.41 Å². The lowest BCUT2D eigenvalue weighted by Gasteiger charge is -2.44. The topological polar surface area (TPSA) is 37.3 Å². The van der Waals surface area contributed by atoms with Crippen LogP contribution in [-0.2, 0) is 4.79 Å². The van der Waals surface area contributed by atoms with Crippen molar-refractivity contribution in [3.8, 4) is 0 Å². The first-order valence-electron chi connectivity index (χ1n) is 3.97. The van der Waals surface area contributed by atoms with Gasteiger partial charge in [0.1, 0.15) is 0 Å². The largest absolute Gasteiger partial charge is 0.481 e. The van der Waals surface area contributed by atoms with Crippen LogP contribution in [0.2, 0.25) is 0 Å². The van der Waals surface area contributed by atoms with Gasteiger partial charge in [0.25, 0.3) is 5.92 Å². The van der Waals surface area contributed by atoms with E-state index in [0.717, 1.165) is 13.3 Å². The van der Waals surface area contributed by atoms with Crippen molar-refractivity contribution < 1.29 is 18.7 Å². The lowest BCUT2D eigenvalue weighted by atomic mass is 9.63. The molecule has 0 aromatic heterocycles. The molecule has 0 spiro atoms. The van der Waals surface area contributed by atoms with Gasteiger partial charge in [-0.3, -0.25) is 4.79 Å². The van der Waals surface area contributed by atoms with Gasteiger partial charge in [-0.2, -0.15) is 0 Å². The van der Waals surface area contributed by atoms with Crippen molar-refractivity contribution in [3.05, 3.63) is 0 Å². The fourth-order valence-corrected chi connectivity index (χ4v) is 1.66. The maximum absolute atomic E-state index is 12.9. The lowest BCUT2D eigenvalue weighted by Crippen LogP contribution is -2.46. The number of rotatable bonds is 3. The van der Waals surface area contributed by atoms with E-state index < -0.39 is 23.7 Å². The molecule has 0 aromatic carbocycles. The van der Waals surface area contributed by atoms with Crippen LogP contribution in [0.15, 0.2) is 0 Å². The lowest BCUT2D eigenvalue weighted by molar-refractivity contribution is -0.171. The Morgan fingerprint density at radius 3 is 2.17 bits per heavy atom. The second-order valence-electron chi connectivity index (χ2n) is 3.59. The molecule has 2 nitrogen and oxygen atoms in total. The molecule has 0 amide bonds. The van der Waals surface area contributed by atoms with Crippen LogP contribution >= 0.6 is 0 Å². The van der Waals surface area contributed by atoms with Crippen LogP contribution in [0.25, 0.3) is 0 Å². The Bertz CT molecular complexity index is 192. The second kappa shape index (κ2) is 2.68. The van der Waals surface area contributed by atoms with Crippen molar-refractivity contribution in [2.24, 2.45) is 5.41 Å². The number of hydrogen-bond donors (Lipinski definition) is 1. The van der Waals surface area contributed by atoms with Gasteiger partial charge in [-0.1, -0.05) is 6.42 Å². The van der Waals surface area contributed by atoms with Gasteiger partial charge in [0.2, 0.25) is 0 Å². The first kappa shape index (κ1) is 9.42. The third-order valence-electron chi connectivity index (χ3n) is 2.73. The predicted molar refractivity (Wildman–Crippen MR) is 39.2 cm³/mol. The van der Waals surface area contributed by atoms with Crippen molar-refractivity contribution in [3.63, 3.8) is 0 Å². The van der Waals surface area contributed by atoms with Crippen LogP contribution < -0.4 is 0 Å². The van der Waals surface area contributed by atoms with E-state index in [0.29, 0.717) is 12.8 Å². The zero-order valence-corrected chi connectivity index (χ0v) is 6.94. The Labute approximate surface area is 69.6 Å². The van der Waals surface area contributed by atoms with Crippen LogP contribution in [-0.4, -0.2) is 17.0 Å². The van der Waals surface area contributed by atoms with Gasteiger partial charge < -0.3 is 5.11 Å². The van der Waals surface area contributed by atoms with Crippen molar-refractivity contribution in [2.45, 2.75) is 38.5 Å². The molecule has 0 aromatic rings. The molecule has 0 radical (unpaired) electrons. The molecular weight excluding hydrogens is 166 g/mol. The predicted octanol–water partition coefficient (Wildman–Crippen LogP) is 2.29. The summed E-state index contributed by atoms with van der Waals surface area (Å²) in [6.07, 6.45) is 0.985. The standard InChI is InChI=1S/C8H12F2O2/c1-7(9,10)8(3-2-4-8)5-6(11)12/h2-5H2,1H3,(H,11,12). The van der Waals surface area contributed by atoms with E-state index in [4.69, 9.17) is 5.11 Å². The summed E-state index contributed by atoms with van der Waals surface area (Å²) in [5.74, 6) is -3.99. The van der Waals surface area contributed by atoms with Gasteiger partial charge in [-0.25, -0.2) is 8.78 Å². The van der Waals surface area contributed by atoms with Crippen LogP contribution in [0, 0.1) is 5.41 Å². The molecule has 0 heterocycles. The number of carbonyl (C=O) groups is 1. The molecule has 1 rings (SSSR count). The average Bonchev–Trinajstić information content (AvgIpc) is 1.74. The molecule has 0 saturated heterocycles. The van der Waals surface area contributed by atoms with Crippen molar-refractivity contribution in [1.29, 1.82) is 0 Å². The highest BCUT2D eigenvalue weighted by Gasteiger charge is 2.54. The summed E-state index contributed by atoms with van der Waals surface area (Å²) >= 11 is 0. The summed E-state index contributed by atoms with van der Waals surface area (Å²) in [6, 6.07) is 0. The molecule has 0 bridgehead atoms. The molecular formula is C8H12F2O2. The van der Waals surface area contributed by atoms with Crippen molar-refractivity contribution >= 4 is 5.97 Å². The van der Waals surface area contributed by atoms with E-state index in [9.17, 15) is 13.6 Å². The van der Waals surface area contributed by atoms with Crippen molar-refractivity contribution in [1.82, 2.24) is 0 Å². The minimum Gasteiger partial charge on any atom is -0.481 e. The second-order valence-corrected chi connectivity index (χ2v) is 3.59. The first-order valence-corrected chi connectivity index (χ1v) is 3.97. The van der Waals surface area contributed by atoms with Crippen LogP contribution in [0.4, 0.5) is 8.78 Å². The zero-order chi connectivity index (χ0) is 9.41. The highest BCUT2D eigenvalue weighted by molar-refractivity contribution is 5.68. The van der Waals surface area contributed by atoms with Crippen LogP contribution in [0.5, 0.6) is 0 Å². The number of aliphatic carboxylic acids is 1. The molecule has 1 aliphatic rings. The van der Waals surface area contributed by atoms with Gasteiger partial charge in [-0.15, -0.1) is 0 Å². The quantitative estimate of drug-likeness (QED) is 0.719. The molecule has 70 valence electrons. The van der Waals surface area contributed by atoms with E-state index in [-0.39, 0.29) is 0 Å². The molecule has 0 unspecified atom stereocenters. The number of carboxylic acids is 1. The molecule has 1 saturated carbocycles. The highest BCUT2D eigenvalue weighted by atomic mass is 19.3. The van der Waals surface area contributed by atoms with Crippen molar-refractivity contribution in [2.75, 3.05) is 0 Å². The van der Waals surface area contributed by atoms with E-state index >= 15 is 0 Å². The Morgan fingerprint density at radius 1 is 1.58 bits per heavy atom. The Kier molecular flexibility index (Phi) is 2.10. The average molecular weight is 178 g/mol. The SMILES string of the molecule is CC(F)(F)C1(CC(=O)O)CCC1. The fraction of sp³-hybridized carbons (Fsp3) is 0.875.